The molecule has 0 aliphatic carbocycles. The Bertz CT molecular complexity index is 751. The van der Waals surface area contributed by atoms with E-state index in [1.165, 1.54) is 0 Å². The molecule has 1 aliphatic rings. The molecule has 2 N–H and O–H groups in total. The molecule has 1 saturated heterocycles. The Labute approximate surface area is 160 Å². The van der Waals surface area contributed by atoms with Gasteiger partial charge in [-0.2, -0.15) is 0 Å². The molecule has 5 nitrogen and oxygen atoms in total. The van der Waals surface area contributed by atoms with Crippen LogP contribution in [0.2, 0.25) is 0 Å². The number of amides is 3. The highest BCUT2D eigenvalue weighted by Crippen LogP contribution is 2.22. The average Bonchev–Trinajstić information content (AvgIpc) is 2.64. The minimum absolute atomic E-state index is 0.0265. The molecule has 2 aromatic carbocycles. The lowest BCUT2D eigenvalue weighted by atomic mass is 9.97. The zero-order valence-corrected chi connectivity index (χ0v) is 15.9. The van der Waals surface area contributed by atoms with E-state index in [0.717, 1.165) is 27.8 Å². The topological polar surface area (TPSA) is 61.4 Å². The zero-order chi connectivity index (χ0) is 17.6. The van der Waals surface area contributed by atoms with Crippen molar-refractivity contribution in [3.8, 4) is 0 Å². The first-order chi connectivity index (χ1) is 12.1. The van der Waals surface area contributed by atoms with E-state index in [-0.39, 0.29) is 17.9 Å². The number of likely N-dealkylation sites (tertiary alicyclic amines) is 1. The van der Waals surface area contributed by atoms with Crippen molar-refractivity contribution in [2.24, 2.45) is 5.92 Å². The molecular weight excluding hydrogens is 429 g/mol. The summed E-state index contributed by atoms with van der Waals surface area (Å²) >= 11 is 2.20. The summed E-state index contributed by atoms with van der Waals surface area (Å²) in [5, 5.41) is 5.87. The van der Waals surface area contributed by atoms with E-state index in [4.69, 9.17) is 0 Å². The van der Waals surface area contributed by atoms with Crippen molar-refractivity contribution < 1.29 is 9.59 Å². The van der Waals surface area contributed by atoms with Gasteiger partial charge in [0.25, 0.3) is 0 Å². The van der Waals surface area contributed by atoms with E-state index < -0.39 is 0 Å². The van der Waals surface area contributed by atoms with Gasteiger partial charge in [-0.05, 0) is 59.7 Å². The molecular formula is C19H20IN3O2. The SMILES string of the molecule is O=C(Nc1ccccc1I)[C@H]1CCCN(C(=O)Nc2ccccc2)C1. The summed E-state index contributed by atoms with van der Waals surface area (Å²) in [5.74, 6) is -0.215. The molecule has 0 bridgehead atoms. The number of nitrogens with one attached hydrogen (secondary N) is 2. The lowest BCUT2D eigenvalue weighted by Gasteiger charge is -2.32. The smallest absolute Gasteiger partial charge is 0.321 e. The van der Waals surface area contributed by atoms with Gasteiger partial charge in [-0.3, -0.25) is 4.79 Å². The van der Waals surface area contributed by atoms with Crippen molar-refractivity contribution in [3.05, 3.63) is 58.2 Å². The second kappa shape index (κ2) is 8.33. The summed E-state index contributed by atoms with van der Waals surface area (Å²) in [6.07, 6.45) is 1.62. The van der Waals surface area contributed by atoms with Crippen LogP contribution in [0.5, 0.6) is 0 Å². The molecule has 1 aliphatic heterocycles. The van der Waals surface area contributed by atoms with E-state index >= 15 is 0 Å². The molecule has 0 radical (unpaired) electrons. The van der Waals surface area contributed by atoms with Crippen LogP contribution in [0.4, 0.5) is 16.2 Å². The standard InChI is InChI=1S/C19H20IN3O2/c20-16-10-4-5-11-17(16)22-18(24)14-7-6-12-23(13-14)19(25)21-15-8-2-1-3-9-15/h1-5,8-11,14H,6-7,12-13H2,(H,21,25)(H,22,24)/t14-/m0/s1. The first-order valence-corrected chi connectivity index (χ1v) is 9.38. The molecule has 1 fully saturated rings. The summed E-state index contributed by atoms with van der Waals surface area (Å²) in [6.45, 7) is 1.11. The zero-order valence-electron chi connectivity index (χ0n) is 13.7. The predicted molar refractivity (Wildman–Crippen MR) is 108 cm³/mol. The molecule has 130 valence electrons. The van der Waals surface area contributed by atoms with E-state index in [2.05, 4.69) is 33.2 Å². The minimum Gasteiger partial charge on any atom is -0.325 e. The van der Waals surface area contributed by atoms with Gasteiger partial charge in [-0.15, -0.1) is 0 Å². The fraction of sp³-hybridized carbons (Fsp3) is 0.263. The Balaban J connectivity index is 1.59. The number of hydrogen-bond acceptors (Lipinski definition) is 2. The Morgan fingerprint density at radius 2 is 1.72 bits per heavy atom. The molecule has 1 heterocycles. The molecule has 0 saturated carbocycles. The number of nitrogens with zero attached hydrogens (tertiary/aromatic N) is 1. The van der Waals surface area contributed by atoms with Crippen molar-refractivity contribution in [2.75, 3.05) is 23.7 Å². The Hall–Kier alpha value is -2.09. The number of carbonyl (C=O) groups is 2. The van der Waals surface area contributed by atoms with Gasteiger partial charge in [-0.25, -0.2) is 4.79 Å². The number of hydrogen-bond donors (Lipinski definition) is 2. The number of anilines is 2. The summed E-state index contributed by atoms with van der Waals surface area (Å²) < 4.78 is 1.00. The second-order valence-corrected chi connectivity index (χ2v) is 7.21. The first-order valence-electron chi connectivity index (χ1n) is 8.30. The van der Waals surface area contributed by atoms with Crippen LogP contribution in [0.15, 0.2) is 54.6 Å². The number of para-hydroxylation sites is 2. The lowest BCUT2D eigenvalue weighted by Crippen LogP contribution is -2.45. The number of rotatable bonds is 3. The van der Waals surface area contributed by atoms with Crippen molar-refractivity contribution in [3.63, 3.8) is 0 Å². The normalized spacial score (nSPS) is 17.0. The van der Waals surface area contributed by atoms with Crippen LogP contribution >= 0.6 is 22.6 Å². The first kappa shape index (κ1) is 17.7. The van der Waals surface area contributed by atoms with Crippen molar-refractivity contribution in [1.29, 1.82) is 0 Å². The van der Waals surface area contributed by atoms with E-state index in [9.17, 15) is 9.59 Å². The summed E-state index contributed by atoms with van der Waals surface area (Å²) in [5.41, 5.74) is 1.58. The number of halogens is 1. The van der Waals surface area contributed by atoms with Gasteiger partial charge in [0.15, 0.2) is 0 Å². The Morgan fingerprint density at radius 1 is 1.00 bits per heavy atom. The Kier molecular flexibility index (Phi) is 5.91. The van der Waals surface area contributed by atoms with Gasteiger partial charge in [0, 0.05) is 22.3 Å². The van der Waals surface area contributed by atoms with E-state index in [1.807, 2.05) is 54.6 Å². The lowest BCUT2D eigenvalue weighted by molar-refractivity contribution is -0.121. The van der Waals surface area contributed by atoms with Gasteiger partial charge in [0.05, 0.1) is 11.6 Å². The third-order valence-electron chi connectivity index (χ3n) is 4.24. The van der Waals surface area contributed by atoms with Crippen LogP contribution in [0, 0.1) is 9.49 Å². The fourth-order valence-electron chi connectivity index (χ4n) is 2.90. The highest BCUT2D eigenvalue weighted by Gasteiger charge is 2.28. The molecule has 3 amide bonds. The maximum Gasteiger partial charge on any atom is 0.321 e. The molecule has 0 unspecified atom stereocenters. The maximum atomic E-state index is 12.6. The van der Waals surface area contributed by atoms with Crippen LogP contribution < -0.4 is 10.6 Å². The highest BCUT2D eigenvalue weighted by atomic mass is 127. The minimum atomic E-state index is -0.189. The van der Waals surface area contributed by atoms with Crippen LogP contribution in [-0.2, 0) is 4.79 Å². The fourth-order valence-corrected chi connectivity index (χ4v) is 3.42. The second-order valence-electron chi connectivity index (χ2n) is 6.05. The van der Waals surface area contributed by atoms with E-state index in [0.29, 0.717) is 13.1 Å². The van der Waals surface area contributed by atoms with Gasteiger partial charge in [0.2, 0.25) is 5.91 Å². The van der Waals surface area contributed by atoms with Crippen molar-refractivity contribution >= 4 is 45.9 Å². The van der Waals surface area contributed by atoms with Gasteiger partial charge in [0.1, 0.15) is 0 Å². The number of piperidine rings is 1. The van der Waals surface area contributed by atoms with Crippen molar-refractivity contribution in [1.82, 2.24) is 4.90 Å². The molecule has 6 heteroatoms. The van der Waals surface area contributed by atoms with Crippen LogP contribution in [0.1, 0.15) is 12.8 Å². The third kappa shape index (κ3) is 4.72. The molecule has 3 rings (SSSR count). The van der Waals surface area contributed by atoms with Crippen LogP contribution in [0.3, 0.4) is 0 Å². The molecule has 0 spiro atoms. The predicted octanol–water partition coefficient (Wildman–Crippen LogP) is 4.17. The summed E-state index contributed by atoms with van der Waals surface area (Å²) in [7, 11) is 0. The average molecular weight is 449 g/mol. The van der Waals surface area contributed by atoms with Gasteiger partial charge in [-0.1, -0.05) is 30.3 Å². The van der Waals surface area contributed by atoms with Gasteiger partial charge >= 0.3 is 6.03 Å². The molecule has 2 aromatic rings. The van der Waals surface area contributed by atoms with Crippen molar-refractivity contribution in [2.45, 2.75) is 12.8 Å². The van der Waals surface area contributed by atoms with Crippen LogP contribution in [0.25, 0.3) is 0 Å². The monoisotopic (exact) mass is 449 g/mol. The largest absolute Gasteiger partial charge is 0.325 e. The number of urea groups is 1. The maximum absolute atomic E-state index is 12.6. The number of benzene rings is 2. The summed E-state index contributed by atoms with van der Waals surface area (Å²) in [6, 6.07) is 16.9. The molecule has 25 heavy (non-hydrogen) atoms. The van der Waals surface area contributed by atoms with Gasteiger partial charge < -0.3 is 15.5 Å². The molecule has 1 atom stereocenters. The Morgan fingerprint density at radius 3 is 2.48 bits per heavy atom. The molecule has 0 aromatic heterocycles. The van der Waals surface area contributed by atoms with Crippen LogP contribution in [-0.4, -0.2) is 29.9 Å². The number of carbonyl (C=O) groups excluding carboxylic acids is 2. The quantitative estimate of drug-likeness (QED) is 0.692. The van der Waals surface area contributed by atoms with E-state index in [1.54, 1.807) is 4.90 Å². The third-order valence-corrected chi connectivity index (χ3v) is 5.18. The summed E-state index contributed by atoms with van der Waals surface area (Å²) in [4.78, 5) is 26.7. The highest BCUT2D eigenvalue weighted by molar-refractivity contribution is 14.1.